The number of aromatic amines is 1. The molecule has 0 bridgehead atoms. The summed E-state index contributed by atoms with van der Waals surface area (Å²) in [5.41, 5.74) is 1.39. The standard InChI is InChI=1S/C21H23N5O4S/c1-11-19(27)14-10-13(4-5-17(14)31(11,29)30)24-20-18-16(7-9-23-21(18)28)26(25-20)15(6-8-22)12-2-3-12/h4-5,7,9-12,15,19,27,29-30H,2-3,6H2,1H3,(H,23,28)(H,24,25)/t11-,15-,19-/m0/s1. The molecular formula is C21H23N5O4S. The van der Waals surface area contributed by atoms with Crippen molar-refractivity contribution < 1.29 is 14.2 Å². The van der Waals surface area contributed by atoms with Crippen LogP contribution in [0.15, 0.2) is 40.2 Å². The summed E-state index contributed by atoms with van der Waals surface area (Å²) < 4.78 is 22.5. The second-order valence-corrected chi connectivity index (χ2v) is 10.6. The van der Waals surface area contributed by atoms with Crippen LogP contribution in [0.1, 0.15) is 43.9 Å². The van der Waals surface area contributed by atoms with E-state index in [1.54, 1.807) is 42.1 Å². The Morgan fingerprint density at radius 2 is 2.16 bits per heavy atom. The molecule has 1 aromatic carbocycles. The lowest BCUT2D eigenvalue weighted by Crippen LogP contribution is -2.13. The molecule has 2 aliphatic rings. The van der Waals surface area contributed by atoms with Crippen LogP contribution in [0.3, 0.4) is 0 Å². The summed E-state index contributed by atoms with van der Waals surface area (Å²) in [6.45, 7) is 1.61. The maximum atomic E-state index is 12.6. The molecule has 1 fully saturated rings. The first-order valence-corrected chi connectivity index (χ1v) is 11.8. The SMILES string of the molecule is C[C@H]1[C@H](O)c2cc(Nc3nn([C@@H](CC#N)C4CC4)c4cc[nH]c(=O)c34)ccc2S1(O)O. The number of hydrogen-bond donors (Lipinski definition) is 5. The number of benzene rings is 1. The van der Waals surface area contributed by atoms with Crippen molar-refractivity contribution >= 4 is 33.0 Å². The minimum absolute atomic E-state index is 0.0967. The van der Waals surface area contributed by atoms with Gasteiger partial charge >= 0.3 is 0 Å². The molecule has 1 aliphatic heterocycles. The Morgan fingerprint density at radius 1 is 1.39 bits per heavy atom. The number of nitrogens with zero attached hydrogens (tertiary/aromatic N) is 3. The predicted molar refractivity (Wildman–Crippen MR) is 118 cm³/mol. The van der Waals surface area contributed by atoms with Crippen LogP contribution in [-0.4, -0.2) is 34.2 Å². The van der Waals surface area contributed by atoms with E-state index in [0.29, 0.717) is 45.2 Å². The van der Waals surface area contributed by atoms with Crippen molar-refractivity contribution in [1.29, 1.82) is 5.26 Å². The van der Waals surface area contributed by atoms with E-state index in [9.17, 15) is 24.3 Å². The van der Waals surface area contributed by atoms with Crippen molar-refractivity contribution in [1.82, 2.24) is 14.8 Å². The zero-order chi connectivity index (χ0) is 21.9. The molecule has 1 saturated carbocycles. The second kappa shape index (κ2) is 7.10. The molecule has 0 unspecified atom stereocenters. The van der Waals surface area contributed by atoms with Gasteiger partial charge in [0.05, 0.1) is 34.2 Å². The Hall–Kier alpha value is -2.84. The summed E-state index contributed by atoms with van der Waals surface area (Å²) in [7, 11) is -3.06. The molecule has 162 valence electrons. The highest BCUT2D eigenvalue weighted by Crippen LogP contribution is 2.63. The highest BCUT2D eigenvalue weighted by Gasteiger charge is 2.41. The van der Waals surface area contributed by atoms with Gasteiger partial charge in [-0.25, -0.2) is 0 Å². The van der Waals surface area contributed by atoms with Crippen LogP contribution in [0, 0.1) is 17.2 Å². The first-order valence-electron chi connectivity index (χ1n) is 10.2. The lowest BCUT2D eigenvalue weighted by molar-refractivity contribution is 0.177. The third-order valence-electron chi connectivity index (χ3n) is 6.29. The van der Waals surface area contributed by atoms with E-state index in [1.807, 2.05) is 0 Å². The largest absolute Gasteiger partial charge is 0.386 e. The molecule has 3 heterocycles. The molecule has 3 aromatic rings. The second-order valence-electron chi connectivity index (χ2n) is 8.25. The van der Waals surface area contributed by atoms with Crippen LogP contribution in [0.2, 0.25) is 0 Å². The molecule has 0 amide bonds. The van der Waals surface area contributed by atoms with Crippen LogP contribution in [0.5, 0.6) is 0 Å². The highest BCUT2D eigenvalue weighted by atomic mass is 32.3. The van der Waals surface area contributed by atoms with Crippen molar-refractivity contribution in [3.05, 3.63) is 46.4 Å². The van der Waals surface area contributed by atoms with E-state index >= 15 is 0 Å². The summed E-state index contributed by atoms with van der Waals surface area (Å²) in [5.74, 6) is 0.726. The number of nitrogens with one attached hydrogen (secondary N) is 2. The molecule has 10 heteroatoms. The molecule has 0 radical (unpaired) electrons. The van der Waals surface area contributed by atoms with Gasteiger partial charge in [0.1, 0.15) is 11.5 Å². The van der Waals surface area contributed by atoms with Gasteiger partial charge in [-0.15, -0.1) is 0 Å². The summed E-state index contributed by atoms with van der Waals surface area (Å²) in [6.07, 6.45) is 2.96. The average molecular weight is 442 g/mol. The molecule has 5 N–H and O–H groups in total. The number of rotatable bonds is 5. The van der Waals surface area contributed by atoms with E-state index in [2.05, 4.69) is 21.5 Å². The molecule has 31 heavy (non-hydrogen) atoms. The number of aliphatic hydroxyl groups excluding tert-OH is 1. The maximum absolute atomic E-state index is 12.6. The van der Waals surface area contributed by atoms with Gasteiger partial charge in [0.2, 0.25) is 0 Å². The Balaban J connectivity index is 1.58. The molecule has 5 rings (SSSR count). The topological polar surface area (TPSA) is 147 Å². The van der Waals surface area contributed by atoms with Gasteiger partial charge in [0.25, 0.3) is 5.56 Å². The zero-order valence-electron chi connectivity index (χ0n) is 16.8. The number of aromatic nitrogens is 3. The van der Waals surface area contributed by atoms with Crippen molar-refractivity contribution in [2.45, 2.75) is 48.5 Å². The Kier molecular flexibility index (Phi) is 4.60. The number of fused-ring (bicyclic) bond motifs is 2. The van der Waals surface area contributed by atoms with E-state index in [1.165, 1.54) is 0 Å². The number of anilines is 2. The molecular weight excluding hydrogens is 418 g/mol. The lowest BCUT2D eigenvalue weighted by Gasteiger charge is -2.33. The van der Waals surface area contributed by atoms with Crippen molar-refractivity contribution in [3.63, 3.8) is 0 Å². The predicted octanol–water partition coefficient (Wildman–Crippen LogP) is 3.88. The number of aliphatic hydroxyl groups is 1. The normalized spacial score (nSPS) is 23.8. The van der Waals surface area contributed by atoms with E-state index in [0.717, 1.165) is 12.8 Å². The zero-order valence-corrected chi connectivity index (χ0v) is 17.6. The van der Waals surface area contributed by atoms with Gasteiger partial charge in [0, 0.05) is 17.4 Å². The van der Waals surface area contributed by atoms with Gasteiger partial charge in [-0.05, 0) is 49.9 Å². The fourth-order valence-electron chi connectivity index (χ4n) is 4.37. The maximum Gasteiger partial charge on any atom is 0.261 e. The summed E-state index contributed by atoms with van der Waals surface area (Å²) >= 11 is 0. The van der Waals surface area contributed by atoms with Crippen molar-refractivity contribution in [3.8, 4) is 6.07 Å². The highest BCUT2D eigenvalue weighted by molar-refractivity contribution is 8.25. The van der Waals surface area contributed by atoms with E-state index < -0.39 is 21.9 Å². The summed E-state index contributed by atoms with van der Waals surface area (Å²) in [6, 6.07) is 8.84. The van der Waals surface area contributed by atoms with Crippen LogP contribution >= 0.6 is 10.6 Å². The summed E-state index contributed by atoms with van der Waals surface area (Å²) in [5, 5.41) is 27.3. The van der Waals surface area contributed by atoms with Gasteiger partial charge < -0.3 is 15.4 Å². The molecule has 0 spiro atoms. The van der Waals surface area contributed by atoms with Gasteiger partial charge in [-0.2, -0.15) is 21.0 Å². The minimum atomic E-state index is -3.06. The molecule has 0 saturated heterocycles. The molecule has 1 aliphatic carbocycles. The number of hydrogen-bond acceptors (Lipinski definition) is 7. The van der Waals surface area contributed by atoms with Crippen LogP contribution in [0.4, 0.5) is 11.5 Å². The smallest absolute Gasteiger partial charge is 0.261 e. The van der Waals surface area contributed by atoms with Gasteiger partial charge in [-0.3, -0.25) is 18.6 Å². The van der Waals surface area contributed by atoms with Gasteiger partial charge in [-0.1, -0.05) is 0 Å². The molecule has 2 aromatic heterocycles. The molecule has 3 atom stereocenters. The Bertz CT molecular complexity index is 1270. The van der Waals surface area contributed by atoms with Gasteiger partial charge in [0.15, 0.2) is 5.82 Å². The minimum Gasteiger partial charge on any atom is -0.386 e. The lowest BCUT2D eigenvalue weighted by atomic mass is 10.1. The average Bonchev–Trinajstić information content (AvgIpc) is 3.50. The fraction of sp³-hybridized carbons (Fsp3) is 0.381. The van der Waals surface area contributed by atoms with Crippen molar-refractivity contribution in [2.75, 3.05) is 5.32 Å². The summed E-state index contributed by atoms with van der Waals surface area (Å²) in [4.78, 5) is 15.6. The Labute approximate surface area is 179 Å². The van der Waals surface area contributed by atoms with E-state index in [-0.39, 0.29) is 11.6 Å². The monoisotopic (exact) mass is 441 g/mol. The number of nitriles is 1. The van der Waals surface area contributed by atoms with Crippen molar-refractivity contribution in [2.24, 2.45) is 5.92 Å². The van der Waals surface area contributed by atoms with Crippen LogP contribution < -0.4 is 10.9 Å². The number of pyridine rings is 1. The number of H-pyrrole nitrogens is 1. The third kappa shape index (κ3) is 3.13. The first kappa shape index (κ1) is 20.1. The van der Waals surface area contributed by atoms with Crippen LogP contribution in [-0.2, 0) is 0 Å². The first-order chi connectivity index (χ1) is 14.8. The third-order valence-corrected chi connectivity index (χ3v) is 8.60. The fourth-order valence-corrected chi connectivity index (χ4v) is 6.07. The van der Waals surface area contributed by atoms with E-state index in [4.69, 9.17) is 0 Å². The quantitative estimate of drug-likeness (QED) is 0.404. The molecule has 9 nitrogen and oxygen atoms in total. The Morgan fingerprint density at radius 3 is 2.87 bits per heavy atom. The van der Waals surface area contributed by atoms with Crippen LogP contribution in [0.25, 0.3) is 10.9 Å².